The largest absolute Gasteiger partial charge is 0.382 e. The van der Waals surface area contributed by atoms with Crippen LogP contribution in [0.4, 0.5) is 0 Å². The van der Waals surface area contributed by atoms with Gasteiger partial charge in [-0.25, -0.2) is 0 Å². The highest BCUT2D eigenvalue weighted by Gasteiger charge is 2.31. The van der Waals surface area contributed by atoms with Crippen molar-refractivity contribution in [2.75, 3.05) is 13.2 Å². The average molecular weight is 351 g/mol. The third kappa shape index (κ3) is 10.6. The van der Waals surface area contributed by atoms with Gasteiger partial charge in [0.15, 0.2) is 0 Å². The molecule has 0 aromatic carbocycles. The van der Waals surface area contributed by atoms with Crippen LogP contribution in [-0.2, 0) is 4.74 Å². The Morgan fingerprint density at radius 1 is 0.833 bits per heavy atom. The van der Waals surface area contributed by atoms with E-state index in [0.29, 0.717) is 0 Å². The number of unbranched alkanes of at least 4 members (excludes halogenated alkanes) is 8. The molecule has 1 fully saturated rings. The predicted octanol–water partition coefficient (Wildman–Crippen LogP) is 7.12. The number of hydrogen-bond donors (Lipinski definition) is 0. The van der Waals surface area contributed by atoms with Gasteiger partial charge >= 0.3 is 0 Å². The van der Waals surface area contributed by atoms with Crippen molar-refractivity contribution in [1.29, 1.82) is 0 Å². The molecule has 0 aromatic rings. The first kappa shape index (κ1) is 21.8. The van der Waals surface area contributed by atoms with E-state index in [1.807, 2.05) is 0 Å². The van der Waals surface area contributed by atoms with Gasteiger partial charge in [0.2, 0.25) is 0 Å². The van der Waals surface area contributed by atoms with Crippen LogP contribution in [0.3, 0.4) is 0 Å². The minimum absolute atomic E-state index is 0.864. The Labute approximate surface area is 153 Å². The second-order valence-electron chi connectivity index (χ2n) is 8.13. The standard InChI is InChI=1S/C22H42OSi/c1-4-23-20-16-11-9-7-5-6-8-10-12-17-21-24(2,3)22-18-14-13-15-19-22/h22H,4-16,18-20H2,1-3H3. The number of hydrogen-bond acceptors (Lipinski definition) is 1. The first-order valence-corrected chi connectivity index (χ1v) is 13.8. The SMILES string of the molecule is CCOCCCCCCCCCCC#C[Si](C)(C)C1CCCCC1. The van der Waals surface area contributed by atoms with E-state index in [1.165, 1.54) is 83.5 Å². The van der Waals surface area contributed by atoms with Crippen molar-refractivity contribution in [1.82, 2.24) is 0 Å². The van der Waals surface area contributed by atoms with Crippen LogP contribution >= 0.6 is 0 Å². The van der Waals surface area contributed by atoms with Crippen molar-refractivity contribution in [3.63, 3.8) is 0 Å². The van der Waals surface area contributed by atoms with E-state index in [4.69, 9.17) is 4.74 Å². The molecule has 0 radical (unpaired) electrons. The summed E-state index contributed by atoms with van der Waals surface area (Å²) < 4.78 is 5.37. The van der Waals surface area contributed by atoms with E-state index in [0.717, 1.165) is 25.2 Å². The van der Waals surface area contributed by atoms with Gasteiger partial charge < -0.3 is 4.74 Å². The highest BCUT2D eigenvalue weighted by Crippen LogP contribution is 2.36. The molecule has 0 N–H and O–H groups in total. The Kier molecular flexibility index (Phi) is 12.7. The summed E-state index contributed by atoms with van der Waals surface area (Å²) in [6.45, 7) is 8.89. The van der Waals surface area contributed by atoms with E-state index in [1.54, 1.807) is 0 Å². The predicted molar refractivity (Wildman–Crippen MR) is 110 cm³/mol. The van der Waals surface area contributed by atoms with Crippen LogP contribution in [0.5, 0.6) is 0 Å². The molecular formula is C22H42OSi. The molecule has 0 aromatic heterocycles. The zero-order valence-electron chi connectivity index (χ0n) is 16.8. The maximum Gasteiger partial charge on any atom is 0.135 e. The maximum atomic E-state index is 5.37. The normalized spacial score (nSPS) is 16.0. The third-order valence-electron chi connectivity index (χ3n) is 5.58. The Morgan fingerprint density at radius 3 is 2.04 bits per heavy atom. The molecule has 0 saturated heterocycles. The maximum absolute atomic E-state index is 5.37. The summed E-state index contributed by atoms with van der Waals surface area (Å²) in [5.41, 5.74) is 4.71. The first-order chi connectivity index (χ1) is 11.7. The average Bonchev–Trinajstić information content (AvgIpc) is 2.60. The van der Waals surface area contributed by atoms with E-state index >= 15 is 0 Å². The van der Waals surface area contributed by atoms with Gasteiger partial charge in [0.05, 0.1) is 0 Å². The molecule has 0 spiro atoms. The number of ether oxygens (including phenoxy) is 1. The summed E-state index contributed by atoms with van der Waals surface area (Å²) in [5, 5.41) is 0. The summed E-state index contributed by atoms with van der Waals surface area (Å²) in [4.78, 5) is 0. The Hall–Kier alpha value is -0.263. The summed E-state index contributed by atoms with van der Waals surface area (Å²) in [5.74, 6) is 3.55. The molecule has 1 saturated carbocycles. The third-order valence-corrected chi connectivity index (χ3v) is 9.02. The van der Waals surface area contributed by atoms with Gasteiger partial charge in [0.25, 0.3) is 0 Å². The molecule has 24 heavy (non-hydrogen) atoms. The van der Waals surface area contributed by atoms with Crippen molar-refractivity contribution < 1.29 is 4.74 Å². The minimum Gasteiger partial charge on any atom is -0.382 e. The fraction of sp³-hybridized carbons (Fsp3) is 0.909. The summed E-state index contributed by atoms with van der Waals surface area (Å²) in [6, 6.07) is 0. The van der Waals surface area contributed by atoms with Crippen LogP contribution in [0.15, 0.2) is 0 Å². The summed E-state index contributed by atoms with van der Waals surface area (Å²) in [7, 11) is -1.27. The lowest BCUT2D eigenvalue weighted by molar-refractivity contribution is 0.143. The van der Waals surface area contributed by atoms with Gasteiger partial charge in [-0.1, -0.05) is 83.7 Å². The zero-order valence-corrected chi connectivity index (χ0v) is 17.8. The van der Waals surface area contributed by atoms with Crippen LogP contribution < -0.4 is 0 Å². The van der Waals surface area contributed by atoms with Crippen LogP contribution in [0, 0.1) is 11.5 Å². The Morgan fingerprint density at radius 2 is 1.42 bits per heavy atom. The molecule has 0 unspecified atom stereocenters. The van der Waals surface area contributed by atoms with Crippen molar-refractivity contribution >= 4 is 8.07 Å². The smallest absolute Gasteiger partial charge is 0.135 e. The lowest BCUT2D eigenvalue weighted by Crippen LogP contribution is -2.32. The summed E-state index contributed by atoms with van der Waals surface area (Å²) in [6.07, 6.45) is 19.3. The molecule has 1 rings (SSSR count). The molecule has 0 bridgehead atoms. The highest BCUT2D eigenvalue weighted by atomic mass is 28.3. The zero-order chi connectivity index (χ0) is 17.5. The highest BCUT2D eigenvalue weighted by molar-refractivity contribution is 6.86. The van der Waals surface area contributed by atoms with Crippen molar-refractivity contribution in [3.05, 3.63) is 0 Å². The van der Waals surface area contributed by atoms with Crippen LogP contribution in [0.1, 0.15) is 96.8 Å². The van der Waals surface area contributed by atoms with Gasteiger partial charge in [-0.15, -0.1) is 11.5 Å². The Balaban J connectivity index is 1.94. The van der Waals surface area contributed by atoms with E-state index in [9.17, 15) is 0 Å². The van der Waals surface area contributed by atoms with Crippen molar-refractivity contribution in [2.45, 2.75) is 115 Å². The van der Waals surface area contributed by atoms with E-state index in [2.05, 4.69) is 31.5 Å². The molecule has 1 aliphatic carbocycles. The fourth-order valence-corrected chi connectivity index (χ4v) is 6.48. The molecule has 0 aliphatic heterocycles. The molecule has 0 amide bonds. The van der Waals surface area contributed by atoms with E-state index in [-0.39, 0.29) is 0 Å². The second-order valence-corrected chi connectivity index (χ2v) is 12.6. The monoisotopic (exact) mass is 350 g/mol. The molecule has 2 heteroatoms. The topological polar surface area (TPSA) is 9.23 Å². The second kappa shape index (κ2) is 14.0. The molecule has 0 heterocycles. The Bertz CT molecular complexity index is 347. The first-order valence-electron chi connectivity index (χ1n) is 10.7. The molecular weight excluding hydrogens is 308 g/mol. The fourth-order valence-electron chi connectivity index (χ4n) is 3.84. The molecule has 1 nitrogen and oxygen atoms in total. The molecule has 1 aliphatic rings. The lowest BCUT2D eigenvalue weighted by atomic mass is 10.0. The van der Waals surface area contributed by atoms with Gasteiger partial charge in [0, 0.05) is 19.6 Å². The lowest BCUT2D eigenvalue weighted by Gasteiger charge is -2.31. The molecule has 0 atom stereocenters. The van der Waals surface area contributed by atoms with Gasteiger partial charge in [-0.05, 0) is 25.3 Å². The summed E-state index contributed by atoms with van der Waals surface area (Å²) >= 11 is 0. The van der Waals surface area contributed by atoms with Crippen LogP contribution in [0.25, 0.3) is 0 Å². The number of rotatable bonds is 12. The van der Waals surface area contributed by atoms with Gasteiger partial charge in [-0.2, -0.15) is 0 Å². The van der Waals surface area contributed by atoms with Gasteiger partial charge in [0.1, 0.15) is 8.07 Å². The van der Waals surface area contributed by atoms with Crippen molar-refractivity contribution in [3.8, 4) is 11.5 Å². The van der Waals surface area contributed by atoms with Crippen LogP contribution in [0.2, 0.25) is 18.6 Å². The van der Waals surface area contributed by atoms with Crippen LogP contribution in [-0.4, -0.2) is 21.3 Å². The quantitative estimate of drug-likeness (QED) is 0.207. The molecule has 140 valence electrons. The van der Waals surface area contributed by atoms with E-state index < -0.39 is 8.07 Å². The van der Waals surface area contributed by atoms with Gasteiger partial charge in [-0.3, -0.25) is 0 Å². The van der Waals surface area contributed by atoms with Crippen molar-refractivity contribution in [2.24, 2.45) is 0 Å². The minimum atomic E-state index is -1.27.